The largest absolute Gasteiger partial charge is 0.389 e. The predicted molar refractivity (Wildman–Crippen MR) is 52.1 cm³/mol. The minimum atomic E-state index is -1.29. The number of nitrogens with zero attached hydrogens (tertiary/aromatic N) is 3. The van der Waals surface area contributed by atoms with E-state index in [9.17, 15) is 10.2 Å². The molecule has 0 aliphatic carbocycles. The number of nitrogens with two attached hydrogens (primary N) is 2. The molecule has 0 saturated carbocycles. The highest BCUT2D eigenvalue weighted by Crippen LogP contribution is 2.18. The van der Waals surface area contributed by atoms with E-state index < -0.39 is 12.2 Å². The first kappa shape index (κ1) is 11.2. The van der Waals surface area contributed by atoms with Crippen molar-refractivity contribution in [2.75, 3.05) is 11.5 Å². The Labute approximate surface area is 86.0 Å². The zero-order chi connectivity index (χ0) is 11.4. The Bertz CT molecular complexity index is 389. The Morgan fingerprint density at radius 1 is 1.40 bits per heavy atom. The highest BCUT2D eigenvalue weighted by Gasteiger charge is 2.20. The monoisotopic (exact) mass is 209 g/mol. The van der Waals surface area contributed by atoms with Gasteiger partial charge in [0, 0.05) is 0 Å². The summed E-state index contributed by atoms with van der Waals surface area (Å²) in [7, 11) is 0. The fourth-order valence-electron chi connectivity index (χ4n) is 0.972. The van der Waals surface area contributed by atoms with Crippen LogP contribution < -0.4 is 11.5 Å². The van der Waals surface area contributed by atoms with Crippen molar-refractivity contribution < 1.29 is 10.2 Å². The van der Waals surface area contributed by atoms with Gasteiger partial charge in [0.15, 0.2) is 11.6 Å². The SMILES string of the molecule is N#CCC(O)C(O)c1cnc(N)c(N)n1. The lowest BCUT2D eigenvalue weighted by Crippen LogP contribution is -2.19. The number of aromatic nitrogens is 2. The minimum Gasteiger partial charge on any atom is -0.389 e. The summed E-state index contributed by atoms with van der Waals surface area (Å²) in [5.74, 6) is 0.0384. The van der Waals surface area contributed by atoms with E-state index in [2.05, 4.69) is 9.97 Å². The van der Waals surface area contributed by atoms with Crippen molar-refractivity contribution in [3.8, 4) is 6.07 Å². The molecule has 7 heteroatoms. The normalized spacial score (nSPS) is 14.2. The van der Waals surface area contributed by atoms with Crippen LogP contribution >= 0.6 is 0 Å². The number of aliphatic hydroxyl groups excluding tert-OH is 2. The second-order valence-electron chi connectivity index (χ2n) is 2.94. The first-order valence-corrected chi connectivity index (χ1v) is 4.17. The smallest absolute Gasteiger partial charge is 0.166 e. The molecule has 7 nitrogen and oxygen atoms in total. The standard InChI is InChI=1S/C8H11N5O2/c9-2-1-5(14)6(15)4-3-12-7(10)8(11)13-4/h3,5-6,14-15H,1H2,(H2,10,12)(H2,11,13). The highest BCUT2D eigenvalue weighted by molar-refractivity contribution is 5.51. The van der Waals surface area contributed by atoms with Gasteiger partial charge >= 0.3 is 0 Å². The van der Waals surface area contributed by atoms with Crippen LogP contribution in [0.4, 0.5) is 11.6 Å². The van der Waals surface area contributed by atoms with Gasteiger partial charge in [-0.2, -0.15) is 5.26 Å². The van der Waals surface area contributed by atoms with E-state index in [1.54, 1.807) is 6.07 Å². The van der Waals surface area contributed by atoms with E-state index >= 15 is 0 Å². The fourth-order valence-corrected chi connectivity index (χ4v) is 0.972. The highest BCUT2D eigenvalue weighted by atomic mass is 16.3. The molecule has 0 saturated heterocycles. The average molecular weight is 209 g/mol. The molecule has 0 spiro atoms. The summed E-state index contributed by atoms with van der Waals surface area (Å²) in [6.45, 7) is 0. The van der Waals surface area contributed by atoms with Crippen LogP contribution in [-0.4, -0.2) is 26.3 Å². The lowest BCUT2D eigenvalue weighted by molar-refractivity contribution is 0.0189. The summed E-state index contributed by atoms with van der Waals surface area (Å²) in [6.07, 6.45) is -1.50. The first-order valence-electron chi connectivity index (χ1n) is 4.17. The first-order chi connectivity index (χ1) is 7.06. The molecule has 0 aliphatic heterocycles. The zero-order valence-electron chi connectivity index (χ0n) is 7.83. The van der Waals surface area contributed by atoms with Crippen molar-refractivity contribution in [3.05, 3.63) is 11.9 Å². The van der Waals surface area contributed by atoms with Crippen LogP contribution in [0.5, 0.6) is 0 Å². The van der Waals surface area contributed by atoms with Gasteiger partial charge in [-0.15, -0.1) is 0 Å². The maximum atomic E-state index is 9.54. The number of nitriles is 1. The summed E-state index contributed by atoms with van der Waals surface area (Å²) in [5, 5.41) is 27.2. The second-order valence-corrected chi connectivity index (χ2v) is 2.94. The third kappa shape index (κ3) is 2.52. The minimum absolute atomic E-state index is 0.0179. The van der Waals surface area contributed by atoms with Gasteiger partial charge in [-0.05, 0) is 0 Å². The van der Waals surface area contributed by atoms with Gasteiger partial charge in [-0.25, -0.2) is 9.97 Å². The topological polar surface area (TPSA) is 142 Å². The van der Waals surface area contributed by atoms with Crippen LogP contribution in [0.25, 0.3) is 0 Å². The van der Waals surface area contributed by atoms with Gasteiger partial charge in [-0.3, -0.25) is 0 Å². The molecule has 1 heterocycles. The molecular weight excluding hydrogens is 198 g/mol. The van der Waals surface area contributed by atoms with Crippen LogP contribution in [-0.2, 0) is 0 Å². The average Bonchev–Trinajstić information content (AvgIpc) is 2.21. The number of anilines is 2. The molecule has 0 fully saturated rings. The third-order valence-electron chi connectivity index (χ3n) is 1.82. The predicted octanol–water partition coefficient (Wildman–Crippen LogP) is -1.05. The lowest BCUT2D eigenvalue weighted by Gasteiger charge is -2.14. The summed E-state index contributed by atoms with van der Waals surface area (Å²) in [4.78, 5) is 7.43. The molecule has 0 aliphatic rings. The van der Waals surface area contributed by atoms with Crippen LogP contribution in [0, 0.1) is 11.3 Å². The van der Waals surface area contributed by atoms with Gasteiger partial charge < -0.3 is 21.7 Å². The molecule has 2 unspecified atom stereocenters. The van der Waals surface area contributed by atoms with Crippen LogP contribution in [0.2, 0.25) is 0 Å². The van der Waals surface area contributed by atoms with Crippen LogP contribution in [0.15, 0.2) is 6.20 Å². The molecule has 2 atom stereocenters. The number of rotatable bonds is 3. The summed E-state index contributed by atoms with van der Waals surface area (Å²) < 4.78 is 0. The number of hydrogen-bond donors (Lipinski definition) is 4. The van der Waals surface area contributed by atoms with E-state index in [4.69, 9.17) is 16.7 Å². The number of hydrogen-bond acceptors (Lipinski definition) is 7. The molecule has 0 aromatic carbocycles. The van der Waals surface area contributed by atoms with Gasteiger partial charge in [0.25, 0.3) is 0 Å². The molecule has 80 valence electrons. The van der Waals surface area contributed by atoms with E-state index in [-0.39, 0.29) is 23.8 Å². The lowest BCUT2D eigenvalue weighted by atomic mass is 10.1. The fraction of sp³-hybridized carbons (Fsp3) is 0.375. The molecule has 1 aromatic rings. The molecule has 1 rings (SSSR count). The maximum absolute atomic E-state index is 9.54. The third-order valence-corrected chi connectivity index (χ3v) is 1.82. The quantitative estimate of drug-likeness (QED) is 0.497. The molecule has 15 heavy (non-hydrogen) atoms. The Morgan fingerprint density at radius 2 is 2.07 bits per heavy atom. The molecule has 1 aromatic heterocycles. The van der Waals surface area contributed by atoms with Crippen molar-refractivity contribution in [2.45, 2.75) is 18.6 Å². The molecular formula is C8H11N5O2. The van der Waals surface area contributed by atoms with Crippen molar-refractivity contribution in [1.29, 1.82) is 5.26 Å². The molecule has 0 amide bonds. The molecule has 0 radical (unpaired) electrons. The number of aliphatic hydroxyl groups is 2. The Kier molecular flexibility index (Phi) is 3.38. The van der Waals surface area contributed by atoms with Gasteiger partial charge in [-0.1, -0.05) is 0 Å². The summed E-state index contributed by atoms with van der Waals surface area (Å²) in [5.41, 5.74) is 10.8. The maximum Gasteiger partial charge on any atom is 0.166 e. The Morgan fingerprint density at radius 3 is 2.60 bits per heavy atom. The van der Waals surface area contributed by atoms with Gasteiger partial charge in [0.2, 0.25) is 0 Å². The molecule has 0 bridgehead atoms. The summed E-state index contributed by atoms with van der Waals surface area (Å²) in [6, 6.07) is 1.73. The van der Waals surface area contributed by atoms with E-state index in [1.165, 1.54) is 6.20 Å². The van der Waals surface area contributed by atoms with Crippen molar-refractivity contribution in [3.63, 3.8) is 0 Å². The van der Waals surface area contributed by atoms with Gasteiger partial charge in [0.1, 0.15) is 6.10 Å². The zero-order valence-corrected chi connectivity index (χ0v) is 7.83. The number of nitrogen functional groups attached to an aromatic ring is 2. The Hall–Kier alpha value is -1.91. The Balaban J connectivity index is 2.87. The van der Waals surface area contributed by atoms with E-state index in [0.29, 0.717) is 0 Å². The van der Waals surface area contributed by atoms with E-state index in [0.717, 1.165) is 0 Å². The summed E-state index contributed by atoms with van der Waals surface area (Å²) >= 11 is 0. The molecule has 6 N–H and O–H groups in total. The van der Waals surface area contributed by atoms with Crippen molar-refractivity contribution >= 4 is 11.6 Å². The van der Waals surface area contributed by atoms with Crippen molar-refractivity contribution in [1.82, 2.24) is 9.97 Å². The van der Waals surface area contributed by atoms with Crippen LogP contribution in [0.1, 0.15) is 18.2 Å². The van der Waals surface area contributed by atoms with Crippen LogP contribution in [0.3, 0.4) is 0 Å². The van der Waals surface area contributed by atoms with Crippen molar-refractivity contribution in [2.24, 2.45) is 0 Å². The van der Waals surface area contributed by atoms with E-state index in [1.807, 2.05) is 0 Å². The second kappa shape index (κ2) is 4.54. The van der Waals surface area contributed by atoms with Gasteiger partial charge in [0.05, 0.1) is 30.5 Å².